The zero-order valence-electron chi connectivity index (χ0n) is 12.6. The first kappa shape index (κ1) is 14.0. The van der Waals surface area contributed by atoms with Gasteiger partial charge in [-0.05, 0) is 31.2 Å². The van der Waals surface area contributed by atoms with Crippen molar-refractivity contribution < 1.29 is 5.11 Å². The molecule has 0 radical (unpaired) electrons. The van der Waals surface area contributed by atoms with E-state index in [9.17, 15) is 5.11 Å². The van der Waals surface area contributed by atoms with Crippen LogP contribution in [0.1, 0.15) is 10.6 Å². The van der Waals surface area contributed by atoms with E-state index in [0.717, 1.165) is 15.9 Å². The Morgan fingerprint density at radius 2 is 1.87 bits per heavy atom. The molecule has 4 rings (SSSR count). The van der Waals surface area contributed by atoms with E-state index in [2.05, 4.69) is 4.98 Å². The predicted octanol–water partition coefficient (Wildman–Crippen LogP) is 4.37. The summed E-state index contributed by atoms with van der Waals surface area (Å²) in [6, 6.07) is 15.8. The van der Waals surface area contributed by atoms with Crippen LogP contribution in [0.15, 0.2) is 54.3 Å². The number of hydrogen-bond acceptors (Lipinski definition) is 4. The maximum atomic E-state index is 10.4. The SMILES string of the molecule is Cc1ccc(N2CC(O)=C(c3nc4ccccc4s3)C2=N)cc1. The Morgan fingerprint density at radius 3 is 2.61 bits per heavy atom. The molecule has 0 aliphatic carbocycles. The Kier molecular flexibility index (Phi) is 3.16. The second-order valence-electron chi connectivity index (χ2n) is 5.58. The fraction of sp³-hybridized carbons (Fsp3) is 0.111. The van der Waals surface area contributed by atoms with Gasteiger partial charge in [0.05, 0.1) is 22.3 Å². The van der Waals surface area contributed by atoms with E-state index in [1.165, 1.54) is 16.9 Å². The average molecular weight is 321 g/mol. The van der Waals surface area contributed by atoms with Crippen molar-refractivity contribution in [1.82, 2.24) is 4.98 Å². The Morgan fingerprint density at radius 1 is 1.13 bits per heavy atom. The highest BCUT2D eigenvalue weighted by Gasteiger charge is 2.31. The lowest BCUT2D eigenvalue weighted by Crippen LogP contribution is -2.25. The molecule has 1 aliphatic heterocycles. The minimum atomic E-state index is 0.203. The normalized spacial score (nSPS) is 15.0. The van der Waals surface area contributed by atoms with Crippen LogP contribution in [0.2, 0.25) is 0 Å². The molecule has 2 heterocycles. The van der Waals surface area contributed by atoms with Crippen molar-refractivity contribution in [2.24, 2.45) is 0 Å². The van der Waals surface area contributed by atoms with Gasteiger partial charge in [0.25, 0.3) is 0 Å². The third kappa shape index (κ3) is 2.29. The van der Waals surface area contributed by atoms with Crippen molar-refractivity contribution >= 4 is 38.6 Å². The van der Waals surface area contributed by atoms with E-state index in [0.29, 0.717) is 23.0 Å². The molecule has 1 aliphatic rings. The first-order valence-electron chi connectivity index (χ1n) is 7.34. The number of benzene rings is 2. The monoisotopic (exact) mass is 321 g/mol. The van der Waals surface area contributed by atoms with Crippen molar-refractivity contribution in [2.75, 3.05) is 11.4 Å². The number of aliphatic hydroxyl groups excluding tert-OH is 1. The lowest BCUT2D eigenvalue weighted by atomic mass is 10.2. The van der Waals surface area contributed by atoms with E-state index in [4.69, 9.17) is 5.41 Å². The predicted molar refractivity (Wildman–Crippen MR) is 95.4 cm³/mol. The summed E-state index contributed by atoms with van der Waals surface area (Å²) in [6.07, 6.45) is 0. The molecule has 0 saturated carbocycles. The average Bonchev–Trinajstić information content (AvgIpc) is 3.08. The van der Waals surface area contributed by atoms with Gasteiger partial charge in [0.2, 0.25) is 0 Å². The number of thiazole rings is 1. The van der Waals surface area contributed by atoms with Crippen molar-refractivity contribution in [1.29, 1.82) is 5.41 Å². The highest BCUT2D eigenvalue weighted by atomic mass is 32.1. The molecule has 2 aromatic carbocycles. The highest BCUT2D eigenvalue weighted by Crippen LogP contribution is 2.35. The number of fused-ring (bicyclic) bond motifs is 1. The third-order valence-corrected chi connectivity index (χ3v) is 5.01. The Hall–Kier alpha value is -2.66. The molecule has 0 amide bonds. The molecule has 3 aromatic rings. The third-order valence-electron chi connectivity index (χ3n) is 3.96. The van der Waals surface area contributed by atoms with Gasteiger partial charge in [-0.1, -0.05) is 29.8 Å². The molecule has 5 heteroatoms. The maximum absolute atomic E-state index is 10.4. The molecule has 0 spiro atoms. The quantitative estimate of drug-likeness (QED) is 0.737. The lowest BCUT2D eigenvalue weighted by molar-refractivity contribution is 0.411. The van der Waals surface area contributed by atoms with Crippen LogP contribution in [0.5, 0.6) is 0 Å². The van der Waals surface area contributed by atoms with Crippen LogP contribution in [-0.2, 0) is 0 Å². The first-order chi connectivity index (χ1) is 11.1. The van der Waals surface area contributed by atoms with E-state index < -0.39 is 0 Å². The zero-order valence-corrected chi connectivity index (χ0v) is 13.4. The number of anilines is 1. The minimum Gasteiger partial charge on any atom is -0.510 e. The maximum Gasteiger partial charge on any atom is 0.139 e. The standard InChI is InChI=1S/C18H15N3OS/c1-11-6-8-12(9-7-11)21-10-14(22)16(17(21)19)18-20-13-4-2-3-5-15(13)23-18/h2-9,19,22H,10H2,1H3. The Labute approximate surface area is 137 Å². The van der Waals surface area contributed by atoms with E-state index >= 15 is 0 Å². The van der Waals surface area contributed by atoms with Crippen LogP contribution in [0.4, 0.5) is 5.69 Å². The minimum absolute atomic E-state index is 0.203. The highest BCUT2D eigenvalue weighted by molar-refractivity contribution is 7.19. The van der Waals surface area contributed by atoms with Gasteiger partial charge in [-0.25, -0.2) is 4.98 Å². The Bertz CT molecular complexity index is 907. The molecule has 0 bridgehead atoms. The number of amidine groups is 1. The number of aryl methyl sites for hydroxylation is 1. The summed E-state index contributed by atoms with van der Waals surface area (Å²) in [5.74, 6) is 0.500. The van der Waals surface area contributed by atoms with E-state index in [1.54, 1.807) is 4.90 Å². The number of aromatic nitrogens is 1. The zero-order chi connectivity index (χ0) is 16.0. The van der Waals surface area contributed by atoms with Crippen molar-refractivity contribution in [2.45, 2.75) is 6.92 Å². The second-order valence-corrected chi connectivity index (χ2v) is 6.61. The van der Waals surface area contributed by atoms with Crippen LogP contribution in [-0.4, -0.2) is 22.5 Å². The van der Waals surface area contributed by atoms with Gasteiger partial charge in [0.15, 0.2) is 0 Å². The molecule has 114 valence electrons. The van der Waals surface area contributed by atoms with Crippen LogP contribution in [0.3, 0.4) is 0 Å². The van der Waals surface area contributed by atoms with E-state index in [-0.39, 0.29) is 5.76 Å². The molecule has 0 fully saturated rings. The van der Waals surface area contributed by atoms with Gasteiger partial charge >= 0.3 is 0 Å². The summed E-state index contributed by atoms with van der Waals surface area (Å²) in [4.78, 5) is 6.37. The molecule has 23 heavy (non-hydrogen) atoms. The number of para-hydroxylation sites is 1. The number of aliphatic hydroxyl groups is 1. The second kappa shape index (κ2) is 5.21. The number of nitrogens with zero attached hydrogens (tertiary/aromatic N) is 2. The van der Waals surface area contributed by atoms with Crippen LogP contribution >= 0.6 is 11.3 Å². The number of nitrogens with one attached hydrogen (secondary N) is 1. The summed E-state index contributed by atoms with van der Waals surface area (Å²) in [5, 5.41) is 19.6. The van der Waals surface area contributed by atoms with Gasteiger partial charge in [0, 0.05) is 5.69 Å². The molecular weight excluding hydrogens is 306 g/mol. The Balaban J connectivity index is 1.73. The summed E-state index contributed by atoms with van der Waals surface area (Å²) in [7, 11) is 0. The molecule has 1 aromatic heterocycles. The van der Waals surface area contributed by atoms with Gasteiger partial charge < -0.3 is 10.0 Å². The van der Waals surface area contributed by atoms with Crippen LogP contribution in [0.25, 0.3) is 15.8 Å². The molecule has 0 saturated heterocycles. The van der Waals surface area contributed by atoms with Crippen molar-refractivity contribution in [3.8, 4) is 0 Å². The molecule has 2 N–H and O–H groups in total. The van der Waals surface area contributed by atoms with E-state index in [1.807, 2.05) is 55.5 Å². The number of hydrogen-bond donors (Lipinski definition) is 2. The van der Waals surface area contributed by atoms with Crippen molar-refractivity contribution in [3.63, 3.8) is 0 Å². The number of rotatable bonds is 2. The molecule has 0 atom stereocenters. The smallest absolute Gasteiger partial charge is 0.139 e. The summed E-state index contributed by atoms with van der Waals surface area (Å²) in [6.45, 7) is 2.34. The van der Waals surface area contributed by atoms with Gasteiger partial charge in [-0.2, -0.15) is 0 Å². The van der Waals surface area contributed by atoms with Crippen LogP contribution in [0, 0.1) is 12.3 Å². The summed E-state index contributed by atoms with van der Waals surface area (Å²) < 4.78 is 1.06. The largest absolute Gasteiger partial charge is 0.510 e. The summed E-state index contributed by atoms with van der Waals surface area (Å²) >= 11 is 1.51. The summed E-state index contributed by atoms with van der Waals surface area (Å²) in [5.41, 5.74) is 3.51. The van der Waals surface area contributed by atoms with Gasteiger partial charge in [-0.3, -0.25) is 5.41 Å². The van der Waals surface area contributed by atoms with Crippen LogP contribution < -0.4 is 4.90 Å². The topological polar surface area (TPSA) is 60.2 Å². The van der Waals surface area contributed by atoms with Gasteiger partial charge in [0.1, 0.15) is 16.6 Å². The molecule has 0 unspecified atom stereocenters. The molecule has 4 nitrogen and oxygen atoms in total. The van der Waals surface area contributed by atoms with Gasteiger partial charge in [-0.15, -0.1) is 11.3 Å². The fourth-order valence-corrected chi connectivity index (χ4v) is 3.76. The van der Waals surface area contributed by atoms with Crippen molar-refractivity contribution in [3.05, 3.63) is 64.9 Å². The lowest BCUT2D eigenvalue weighted by Gasteiger charge is -2.18. The fourth-order valence-electron chi connectivity index (χ4n) is 2.73. The first-order valence-corrected chi connectivity index (χ1v) is 8.16. The molecular formula is C18H15N3OS.